The highest BCUT2D eigenvalue weighted by Crippen LogP contribution is 2.24. The third-order valence-electron chi connectivity index (χ3n) is 3.48. The van der Waals surface area contributed by atoms with Crippen molar-refractivity contribution in [2.24, 2.45) is 0 Å². The van der Waals surface area contributed by atoms with Gasteiger partial charge in [-0.05, 0) is 37.1 Å². The molecular formula is C18H20O4. The second kappa shape index (κ2) is 6.98. The SMILES string of the molecule is COc1ccc(C)cc1CC(Oc1ccccc1C)C(=O)O. The number of ether oxygens (including phenoxy) is 2. The topological polar surface area (TPSA) is 55.8 Å². The lowest BCUT2D eigenvalue weighted by molar-refractivity contribution is -0.145. The molecule has 2 aromatic carbocycles. The molecule has 0 amide bonds. The van der Waals surface area contributed by atoms with Crippen molar-refractivity contribution in [3.8, 4) is 11.5 Å². The van der Waals surface area contributed by atoms with Crippen LogP contribution >= 0.6 is 0 Å². The predicted octanol–water partition coefficient (Wildman–Crippen LogP) is 3.39. The van der Waals surface area contributed by atoms with Crippen molar-refractivity contribution < 1.29 is 19.4 Å². The molecule has 0 aliphatic carbocycles. The minimum atomic E-state index is -0.994. The molecule has 0 heterocycles. The van der Waals surface area contributed by atoms with Crippen molar-refractivity contribution in [3.63, 3.8) is 0 Å². The minimum Gasteiger partial charge on any atom is -0.496 e. The van der Waals surface area contributed by atoms with Crippen LogP contribution in [0, 0.1) is 13.8 Å². The first-order valence-corrected chi connectivity index (χ1v) is 7.10. The van der Waals surface area contributed by atoms with E-state index in [4.69, 9.17) is 9.47 Å². The Balaban J connectivity index is 2.25. The fourth-order valence-electron chi connectivity index (χ4n) is 2.29. The van der Waals surface area contributed by atoms with E-state index in [1.165, 1.54) is 0 Å². The summed E-state index contributed by atoms with van der Waals surface area (Å²) in [5.74, 6) is 0.263. The molecule has 1 N–H and O–H groups in total. The van der Waals surface area contributed by atoms with Gasteiger partial charge in [-0.15, -0.1) is 0 Å². The lowest BCUT2D eigenvalue weighted by atomic mass is 10.0. The second-order valence-corrected chi connectivity index (χ2v) is 5.23. The van der Waals surface area contributed by atoms with Gasteiger partial charge in [-0.1, -0.05) is 35.9 Å². The number of para-hydroxylation sites is 1. The normalized spacial score (nSPS) is 11.8. The van der Waals surface area contributed by atoms with Crippen LogP contribution in [0.5, 0.6) is 11.5 Å². The van der Waals surface area contributed by atoms with Crippen LogP contribution in [0.2, 0.25) is 0 Å². The third-order valence-corrected chi connectivity index (χ3v) is 3.48. The fourth-order valence-corrected chi connectivity index (χ4v) is 2.29. The molecule has 0 bridgehead atoms. The fraction of sp³-hybridized carbons (Fsp3) is 0.278. The van der Waals surface area contributed by atoms with Gasteiger partial charge in [0.2, 0.25) is 0 Å². The van der Waals surface area contributed by atoms with Crippen LogP contribution < -0.4 is 9.47 Å². The maximum Gasteiger partial charge on any atom is 0.345 e. The van der Waals surface area contributed by atoms with Gasteiger partial charge in [-0.2, -0.15) is 0 Å². The Kier molecular flexibility index (Phi) is 5.04. The number of aliphatic carboxylic acids is 1. The quantitative estimate of drug-likeness (QED) is 0.888. The van der Waals surface area contributed by atoms with Crippen molar-refractivity contribution in [1.82, 2.24) is 0 Å². The van der Waals surface area contributed by atoms with E-state index >= 15 is 0 Å². The zero-order chi connectivity index (χ0) is 16.1. The van der Waals surface area contributed by atoms with E-state index < -0.39 is 12.1 Å². The Morgan fingerprint density at radius 2 is 1.86 bits per heavy atom. The number of carboxylic acids is 1. The molecule has 0 aliphatic heterocycles. The molecule has 22 heavy (non-hydrogen) atoms. The van der Waals surface area contributed by atoms with Gasteiger partial charge < -0.3 is 14.6 Å². The van der Waals surface area contributed by atoms with Gasteiger partial charge in [-0.25, -0.2) is 4.79 Å². The van der Waals surface area contributed by atoms with Crippen LogP contribution in [0.15, 0.2) is 42.5 Å². The van der Waals surface area contributed by atoms with Crippen LogP contribution in [0.25, 0.3) is 0 Å². The molecule has 2 aromatic rings. The van der Waals surface area contributed by atoms with Gasteiger partial charge in [0.15, 0.2) is 6.10 Å². The Labute approximate surface area is 130 Å². The van der Waals surface area contributed by atoms with Crippen molar-refractivity contribution in [2.75, 3.05) is 7.11 Å². The van der Waals surface area contributed by atoms with E-state index in [-0.39, 0.29) is 6.42 Å². The van der Waals surface area contributed by atoms with Crippen molar-refractivity contribution in [1.29, 1.82) is 0 Å². The van der Waals surface area contributed by atoms with Gasteiger partial charge in [0.1, 0.15) is 11.5 Å². The van der Waals surface area contributed by atoms with Gasteiger partial charge in [0.25, 0.3) is 0 Å². The molecule has 0 saturated heterocycles. The Morgan fingerprint density at radius 3 is 2.50 bits per heavy atom. The van der Waals surface area contributed by atoms with Crippen LogP contribution in [0.4, 0.5) is 0 Å². The summed E-state index contributed by atoms with van der Waals surface area (Å²) < 4.78 is 11.0. The monoisotopic (exact) mass is 300 g/mol. The summed E-state index contributed by atoms with van der Waals surface area (Å²) in [6.07, 6.45) is -0.717. The Hall–Kier alpha value is -2.49. The average Bonchev–Trinajstić information content (AvgIpc) is 2.49. The molecule has 0 aromatic heterocycles. The highest BCUT2D eigenvalue weighted by Gasteiger charge is 2.22. The molecule has 2 rings (SSSR count). The van der Waals surface area contributed by atoms with Gasteiger partial charge >= 0.3 is 5.97 Å². The van der Waals surface area contributed by atoms with Gasteiger partial charge in [-0.3, -0.25) is 0 Å². The molecule has 116 valence electrons. The van der Waals surface area contributed by atoms with Crippen LogP contribution in [-0.4, -0.2) is 24.3 Å². The number of rotatable bonds is 6. The standard InChI is InChI=1S/C18H20O4/c1-12-8-9-16(21-3)14(10-12)11-17(18(19)20)22-15-7-5-4-6-13(15)2/h4-10,17H,11H2,1-3H3,(H,19,20). The van der Waals surface area contributed by atoms with E-state index in [2.05, 4.69) is 0 Å². The van der Waals surface area contributed by atoms with Crippen molar-refractivity contribution >= 4 is 5.97 Å². The highest BCUT2D eigenvalue weighted by atomic mass is 16.5. The first kappa shape index (κ1) is 15.9. The molecule has 0 saturated carbocycles. The zero-order valence-electron chi connectivity index (χ0n) is 13.0. The number of aryl methyl sites for hydroxylation is 2. The summed E-state index contributed by atoms with van der Waals surface area (Å²) in [6, 6.07) is 13.1. The van der Waals surface area contributed by atoms with Crippen LogP contribution in [0.1, 0.15) is 16.7 Å². The predicted molar refractivity (Wildman–Crippen MR) is 84.7 cm³/mol. The van der Waals surface area contributed by atoms with Gasteiger partial charge in [0, 0.05) is 6.42 Å². The van der Waals surface area contributed by atoms with Gasteiger partial charge in [0.05, 0.1) is 7.11 Å². The van der Waals surface area contributed by atoms with E-state index in [1.54, 1.807) is 13.2 Å². The molecule has 4 nitrogen and oxygen atoms in total. The lowest BCUT2D eigenvalue weighted by Crippen LogP contribution is -2.29. The molecule has 0 aliphatic rings. The Morgan fingerprint density at radius 1 is 1.14 bits per heavy atom. The summed E-state index contributed by atoms with van der Waals surface area (Å²) in [5.41, 5.74) is 2.78. The molecule has 0 radical (unpaired) electrons. The van der Waals surface area contributed by atoms with Crippen LogP contribution in [0.3, 0.4) is 0 Å². The van der Waals surface area contributed by atoms with Crippen LogP contribution in [-0.2, 0) is 11.2 Å². The molecule has 1 unspecified atom stereocenters. The summed E-state index contributed by atoms with van der Waals surface area (Å²) in [7, 11) is 1.58. The summed E-state index contributed by atoms with van der Waals surface area (Å²) in [5, 5.41) is 9.45. The smallest absolute Gasteiger partial charge is 0.345 e. The first-order chi connectivity index (χ1) is 10.5. The zero-order valence-corrected chi connectivity index (χ0v) is 13.0. The number of methoxy groups -OCH3 is 1. The Bertz CT molecular complexity index is 664. The molecule has 1 atom stereocenters. The summed E-state index contributed by atoms with van der Waals surface area (Å²) in [4.78, 5) is 11.5. The highest BCUT2D eigenvalue weighted by molar-refractivity contribution is 5.73. The molecule has 4 heteroatoms. The number of hydrogen-bond donors (Lipinski definition) is 1. The van der Waals surface area contributed by atoms with E-state index in [9.17, 15) is 9.90 Å². The van der Waals surface area contributed by atoms with Crippen molar-refractivity contribution in [3.05, 3.63) is 59.2 Å². The van der Waals surface area contributed by atoms with E-state index in [0.29, 0.717) is 11.5 Å². The number of carbonyl (C=O) groups is 1. The van der Waals surface area contributed by atoms with E-state index in [0.717, 1.165) is 16.7 Å². The number of carboxylic acid groups (broad SMARTS) is 1. The minimum absolute atomic E-state index is 0.245. The lowest BCUT2D eigenvalue weighted by Gasteiger charge is -2.18. The van der Waals surface area contributed by atoms with Crippen molar-refractivity contribution in [2.45, 2.75) is 26.4 Å². The average molecular weight is 300 g/mol. The maximum atomic E-state index is 11.5. The summed E-state index contributed by atoms with van der Waals surface area (Å²) in [6.45, 7) is 3.85. The largest absolute Gasteiger partial charge is 0.496 e. The molecule has 0 spiro atoms. The second-order valence-electron chi connectivity index (χ2n) is 5.23. The molecule has 0 fully saturated rings. The summed E-state index contributed by atoms with van der Waals surface area (Å²) >= 11 is 0. The maximum absolute atomic E-state index is 11.5. The number of hydrogen-bond acceptors (Lipinski definition) is 3. The first-order valence-electron chi connectivity index (χ1n) is 7.10. The molecular weight excluding hydrogens is 280 g/mol. The van der Waals surface area contributed by atoms with E-state index in [1.807, 2.05) is 50.2 Å². The number of benzene rings is 2. The third kappa shape index (κ3) is 3.79.